The Morgan fingerprint density at radius 3 is 2.38 bits per heavy atom. The molecule has 0 fully saturated rings. The van der Waals surface area contributed by atoms with E-state index in [1.54, 1.807) is 6.07 Å². The van der Waals surface area contributed by atoms with Gasteiger partial charge in [-0.25, -0.2) is 4.39 Å². The zero-order valence-electron chi connectivity index (χ0n) is 12.2. The van der Waals surface area contributed by atoms with Crippen LogP contribution in [0.15, 0.2) is 24.3 Å². The van der Waals surface area contributed by atoms with Crippen molar-refractivity contribution in [2.24, 2.45) is 5.92 Å². The quantitative estimate of drug-likeness (QED) is 0.699. The largest absolute Gasteiger partial charge is 0.391 e. The molecule has 2 amide bonds. The first kappa shape index (κ1) is 17.1. The molecule has 0 spiro atoms. The van der Waals surface area contributed by atoms with Gasteiger partial charge in [-0.05, 0) is 18.1 Å². The Bertz CT molecular complexity index is 490. The summed E-state index contributed by atoms with van der Waals surface area (Å²) in [6, 6.07) is 5.58. The molecule has 0 aliphatic carbocycles. The molecule has 0 bridgehead atoms. The van der Waals surface area contributed by atoms with E-state index in [-0.39, 0.29) is 18.2 Å². The van der Waals surface area contributed by atoms with Gasteiger partial charge in [0.05, 0.1) is 11.8 Å². The van der Waals surface area contributed by atoms with Gasteiger partial charge in [-0.15, -0.1) is 0 Å². The molecule has 0 aliphatic rings. The summed E-state index contributed by atoms with van der Waals surface area (Å²) in [6.45, 7) is 3.89. The highest BCUT2D eigenvalue weighted by Gasteiger charge is 2.19. The zero-order chi connectivity index (χ0) is 15.8. The average Bonchev–Trinajstić information content (AvgIpc) is 2.48. The van der Waals surface area contributed by atoms with Gasteiger partial charge < -0.3 is 15.7 Å². The third-order valence-corrected chi connectivity index (χ3v) is 3.39. The summed E-state index contributed by atoms with van der Waals surface area (Å²) in [5, 5.41) is 14.4. The average molecular weight is 296 g/mol. The number of halogens is 1. The Morgan fingerprint density at radius 1 is 1.19 bits per heavy atom. The fraction of sp³-hybridized carbons (Fsp3) is 0.467. The van der Waals surface area contributed by atoms with Crippen molar-refractivity contribution in [1.29, 1.82) is 0 Å². The van der Waals surface area contributed by atoms with Gasteiger partial charge in [-0.1, -0.05) is 38.8 Å². The number of aliphatic hydroxyl groups excluding tert-OH is 1. The summed E-state index contributed by atoms with van der Waals surface area (Å²) in [5.41, 5.74) is -0.0572. The van der Waals surface area contributed by atoms with Crippen LogP contribution in [0.5, 0.6) is 0 Å². The number of para-hydroxylation sites is 1. The lowest BCUT2D eigenvalue weighted by Crippen LogP contribution is -2.41. The van der Waals surface area contributed by atoms with E-state index in [2.05, 4.69) is 10.6 Å². The molecule has 1 aromatic carbocycles. The molecule has 5 nitrogen and oxygen atoms in total. The van der Waals surface area contributed by atoms with Crippen molar-refractivity contribution in [2.45, 2.75) is 32.8 Å². The predicted molar refractivity (Wildman–Crippen MR) is 78.1 cm³/mol. The van der Waals surface area contributed by atoms with Gasteiger partial charge in [0.1, 0.15) is 5.82 Å². The van der Waals surface area contributed by atoms with Crippen molar-refractivity contribution in [3.63, 3.8) is 0 Å². The minimum Gasteiger partial charge on any atom is -0.391 e. The van der Waals surface area contributed by atoms with Crippen molar-refractivity contribution in [3.05, 3.63) is 30.1 Å². The topological polar surface area (TPSA) is 78.4 Å². The predicted octanol–water partition coefficient (Wildman–Crippen LogP) is 1.68. The number of aliphatic hydroxyl groups is 1. The van der Waals surface area contributed by atoms with Gasteiger partial charge in [0.25, 0.3) is 0 Å². The molecule has 116 valence electrons. The second-order valence-electron chi connectivity index (χ2n) is 4.79. The maximum atomic E-state index is 13.3. The van der Waals surface area contributed by atoms with Crippen LogP contribution in [0.4, 0.5) is 10.1 Å². The maximum absolute atomic E-state index is 13.3. The van der Waals surface area contributed by atoms with E-state index in [4.69, 9.17) is 0 Å². The van der Waals surface area contributed by atoms with Crippen molar-refractivity contribution in [2.75, 3.05) is 11.9 Å². The summed E-state index contributed by atoms with van der Waals surface area (Å²) in [6.07, 6.45) is 0.870. The van der Waals surface area contributed by atoms with E-state index < -0.39 is 23.7 Å². The number of carbonyl (C=O) groups excluding carboxylic acids is 2. The molecule has 1 aromatic rings. The van der Waals surface area contributed by atoms with E-state index >= 15 is 0 Å². The monoisotopic (exact) mass is 296 g/mol. The smallest absolute Gasteiger partial charge is 0.313 e. The highest BCUT2D eigenvalue weighted by molar-refractivity contribution is 6.39. The molecule has 1 rings (SSSR count). The van der Waals surface area contributed by atoms with Crippen molar-refractivity contribution in [1.82, 2.24) is 5.32 Å². The fourth-order valence-electron chi connectivity index (χ4n) is 2.02. The van der Waals surface area contributed by atoms with Gasteiger partial charge in [0.15, 0.2) is 0 Å². The van der Waals surface area contributed by atoms with Crippen LogP contribution >= 0.6 is 0 Å². The highest BCUT2D eigenvalue weighted by atomic mass is 19.1. The normalized spacial score (nSPS) is 12.0. The molecule has 0 saturated heterocycles. The number of carbonyl (C=O) groups is 2. The third kappa shape index (κ3) is 5.15. The molecule has 21 heavy (non-hydrogen) atoms. The van der Waals surface area contributed by atoms with Crippen molar-refractivity contribution < 1.29 is 19.1 Å². The number of amides is 2. The lowest BCUT2D eigenvalue weighted by molar-refractivity contribution is -0.136. The summed E-state index contributed by atoms with van der Waals surface area (Å²) < 4.78 is 13.3. The molecule has 6 heteroatoms. The molecule has 0 radical (unpaired) electrons. The van der Waals surface area contributed by atoms with Gasteiger partial charge in [-0.3, -0.25) is 9.59 Å². The van der Waals surface area contributed by atoms with Crippen LogP contribution in [0.25, 0.3) is 0 Å². The first-order valence-electron chi connectivity index (χ1n) is 7.01. The zero-order valence-corrected chi connectivity index (χ0v) is 12.2. The van der Waals surface area contributed by atoms with E-state index in [1.165, 1.54) is 18.2 Å². The second-order valence-corrected chi connectivity index (χ2v) is 4.79. The highest BCUT2D eigenvalue weighted by Crippen LogP contribution is 2.13. The Balaban J connectivity index is 2.49. The van der Waals surface area contributed by atoms with Gasteiger partial charge >= 0.3 is 11.8 Å². The molecule has 3 N–H and O–H groups in total. The second kappa shape index (κ2) is 8.36. The number of anilines is 1. The minimum absolute atomic E-state index is 0.00410. The molecule has 0 aliphatic heterocycles. The third-order valence-electron chi connectivity index (χ3n) is 3.39. The van der Waals surface area contributed by atoms with Gasteiger partial charge in [-0.2, -0.15) is 0 Å². The molecule has 1 unspecified atom stereocenters. The Morgan fingerprint density at radius 2 is 1.81 bits per heavy atom. The molecule has 1 atom stereocenters. The van der Waals surface area contributed by atoms with Crippen LogP contribution in [-0.4, -0.2) is 29.6 Å². The van der Waals surface area contributed by atoms with Crippen LogP contribution in [0.2, 0.25) is 0 Å². The first-order valence-corrected chi connectivity index (χ1v) is 7.01. The minimum atomic E-state index is -0.961. The summed E-state index contributed by atoms with van der Waals surface area (Å²) >= 11 is 0. The van der Waals surface area contributed by atoms with Crippen molar-refractivity contribution in [3.8, 4) is 0 Å². The molecule has 0 heterocycles. The SMILES string of the molecule is CCC(CC)C(O)CNC(=O)C(=O)Nc1ccccc1F. The number of benzene rings is 1. The van der Waals surface area contributed by atoms with Crippen LogP contribution < -0.4 is 10.6 Å². The summed E-state index contributed by atoms with van der Waals surface area (Å²) in [5.74, 6) is -2.41. The molecule has 0 saturated carbocycles. The van der Waals surface area contributed by atoms with E-state index in [0.717, 1.165) is 12.8 Å². The standard InChI is InChI=1S/C15H21FN2O3/c1-3-10(4-2)13(19)9-17-14(20)15(21)18-12-8-6-5-7-11(12)16/h5-8,10,13,19H,3-4,9H2,1-2H3,(H,17,20)(H,18,21). The number of hydrogen-bond acceptors (Lipinski definition) is 3. The fourth-order valence-corrected chi connectivity index (χ4v) is 2.02. The number of hydrogen-bond donors (Lipinski definition) is 3. The van der Waals surface area contributed by atoms with Gasteiger partial charge in [0, 0.05) is 6.54 Å². The number of nitrogens with one attached hydrogen (secondary N) is 2. The summed E-state index contributed by atoms with van der Waals surface area (Å²) in [7, 11) is 0. The number of rotatable bonds is 6. The van der Waals surface area contributed by atoms with Gasteiger partial charge in [0.2, 0.25) is 0 Å². The lowest BCUT2D eigenvalue weighted by atomic mass is 9.96. The Kier molecular flexibility index (Phi) is 6.81. The molecular weight excluding hydrogens is 275 g/mol. The van der Waals surface area contributed by atoms with Crippen LogP contribution in [-0.2, 0) is 9.59 Å². The summed E-state index contributed by atoms with van der Waals surface area (Å²) in [4.78, 5) is 23.2. The van der Waals surface area contributed by atoms with Crippen LogP contribution in [0, 0.1) is 11.7 Å². The van der Waals surface area contributed by atoms with E-state index in [9.17, 15) is 19.1 Å². The maximum Gasteiger partial charge on any atom is 0.313 e. The molecular formula is C15H21FN2O3. The molecule has 0 aromatic heterocycles. The van der Waals surface area contributed by atoms with Crippen molar-refractivity contribution >= 4 is 17.5 Å². The first-order chi connectivity index (χ1) is 9.99. The Hall–Kier alpha value is -1.95. The lowest BCUT2D eigenvalue weighted by Gasteiger charge is -2.20. The van der Waals surface area contributed by atoms with E-state index in [0.29, 0.717) is 0 Å². The Labute approximate surface area is 123 Å². The van der Waals surface area contributed by atoms with Crippen LogP contribution in [0.1, 0.15) is 26.7 Å². The van der Waals surface area contributed by atoms with E-state index in [1.807, 2.05) is 13.8 Å². The van der Waals surface area contributed by atoms with Crippen LogP contribution in [0.3, 0.4) is 0 Å².